The average Bonchev–Trinajstić information content (AvgIpc) is 3.55. The maximum absolute atomic E-state index is 13.2. The number of hydrogen-bond acceptors (Lipinski definition) is 6. The molecule has 0 N–H and O–H groups in total. The number of amides is 3. The molecule has 3 aliphatic heterocycles. The van der Waals surface area contributed by atoms with Gasteiger partial charge in [-0.1, -0.05) is 36.4 Å². The molecule has 0 bridgehead atoms. The van der Waals surface area contributed by atoms with Gasteiger partial charge >= 0.3 is 0 Å². The summed E-state index contributed by atoms with van der Waals surface area (Å²) in [6.07, 6.45) is 0. The number of rotatable bonds is 6. The van der Waals surface area contributed by atoms with Crippen molar-refractivity contribution in [2.24, 2.45) is 0 Å². The number of hydrogen-bond donors (Lipinski definition) is 0. The summed E-state index contributed by atoms with van der Waals surface area (Å²) in [6.45, 7) is 5.93. The number of ketones is 3. The van der Waals surface area contributed by atoms with E-state index in [2.05, 4.69) is 0 Å². The Labute approximate surface area is 258 Å². The van der Waals surface area contributed by atoms with E-state index >= 15 is 0 Å². The van der Waals surface area contributed by atoms with Gasteiger partial charge in [-0.15, -0.1) is 0 Å². The van der Waals surface area contributed by atoms with Gasteiger partial charge in [0.05, 0.1) is 53.4 Å². The van der Waals surface area contributed by atoms with Crippen LogP contribution in [-0.4, -0.2) is 35.1 Å². The molecule has 0 atom stereocenters. The second kappa shape index (κ2) is 10.2. The van der Waals surface area contributed by atoms with E-state index in [1.165, 1.54) is 14.7 Å². The fourth-order valence-electron chi connectivity index (χ4n) is 6.79. The number of benzene rings is 4. The van der Waals surface area contributed by atoms with Gasteiger partial charge in [-0.25, -0.2) is 0 Å². The van der Waals surface area contributed by atoms with E-state index in [9.17, 15) is 28.8 Å². The highest BCUT2D eigenvalue weighted by Gasteiger charge is 2.40. The largest absolute Gasteiger partial charge is 0.300 e. The van der Waals surface area contributed by atoms with Crippen molar-refractivity contribution in [1.29, 1.82) is 0 Å². The summed E-state index contributed by atoms with van der Waals surface area (Å²) in [5.41, 5.74) is 7.19. The van der Waals surface area contributed by atoms with Crippen LogP contribution in [0.2, 0.25) is 0 Å². The van der Waals surface area contributed by atoms with Crippen LogP contribution in [0.1, 0.15) is 64.5 Å². The van der Waals surface area contributed by atoms with Crippen LogP contribution in [0.5, 0.6) is 0 Å². The third-order valence-corrected chi connectivity index (χ3v) is 9.30. The number of anilines is 3. The van der Waals surface area contributed by atoms with Crippen molar-refractivity contribution in [3.63, 3.8) is 0 Å². The number of carbonyl (C=O) groups excluding carboxylic acids is 6. The van der Waals surface area contributed by atoms with Crippen LogP contribution in [0.4, 0.5) is 17.1 Å². The Bertz CT molecular complexity index is 1810. The van der Waals surface area contributed by atoms with E-state index in [1.807, 2.05) is 20.8 Å². The Hall–Kier alpha value is -5.70. The highest BCUT2D eigenvalue weighted by molar-refractivity contribution is 6.53. The maximum Gasteiger partial charge on any atom is 0.299 e. The lowest BCUT2D eigenvalue weighted by Gasteiger charge is -2.29. The highest BCUT2D eigenvalue weighted by Crippen LogP contribution is 2.38. The molecule has 0 fully saturated rings. The van der Waals surface area contributed by atoms with E-state index in [4.69, 9.17) is 0 Å². The lowest BCUT2D eigenvalue weighted by atomic mass is 9.87. The molecule has 9 nitrogen and oxygen atoms in total. The number of carbonyl (C=O) groups is 6. The molecule has 0 aliphatic carbocycles. The quantitative estimate of drug-likeness (QED) is 0.295. The standard InChI is InChI=1S/C36H27N3O6/c1-19-25(16-37-28-13-7-4-10-22(28)31(40)34(37)43)20(2)27(18-39-30-15-9-6-12-24(30)33(42)36(39)45)21(3)26(19)17-38-29-14-8-5-11-23(29)32(41)35(38)44/h4-15H,16-18H2,1-3H3. The van der Waals surface area contributed by atoms with E-state index in [0.29, 0.717) is 33.8 Å². The minimum absolute atomic E-state index is 0.0759. The van der Waals surface area contributed by atoms with Crippen molar-refractivity contribution in [1.82, 2.24) is 0 Å². The summed E-state index contributed by atoms with van der Waals surface area (Å²) in [5.74, 6) is -3.65. The summed E-state index contributed by atoms with van der Waals surface area (Å²) < 4.78 is 0. The molecular weight excluding hydrogens is 570 g/mol. The van der Waals surface area contributed by atoms with Crippen LogP contribution in [0.3, 0.4) is 0 Å². The summed E-state index contributed by atoms with van der Waals surface area (Å²) in [6, 6.07) is 20.5. The van der Waals surface area contributed by atoms with Crippen LogP contribution in [-0.2, 0) is 34.0 Å². The number of para-hydroxylation sites is 3. The Morgan fingerprint density at radius 1 is 0.400 bits per heavy atom. The topological polar surface area (TPSA) is 112 Å². The second-order valence-electron chi connectivity index (χ2n) is 11.5. The molecule has 9 heteroatoms. The van der Waals surface area contributed by atoms with Crippen molar-refractivity contribution in [3.8, 4) is 0 Å². The fourth-order valence-corrected chi connectivity index (χ4v) is 6.79. The smallest absolute Gasteiger partial charge is 0.299 e. The van der Waals surface area contributed by atoms with Gasteiger partial charge in [0.2, 0.25) is 0 Å². The maximum atomic E-state index is 13.2. The van der Waals surface area contributed by atoms with Gasteiger partial charge in [0.15, 0.2) is 0 Å². The molecule has 3 aliphatic rings. The molecule has 45 heavy (non-hydrogen) atoms. The van der Waals surface area contributed by atoms with Crippen LogP contribution in [0, 0.1) is 20.8 Å². The third-order valence-electron chi connectivity index (χ3n) is 9.30. The van der Waals surface area contributed by atoms with Gasteiger partial charge in [0, 0.05) is 0 Å². The monoisotopic (exact) mass is 597 g/mol. The van der Waals surface area contributed by atoms with Crippen molar-refractivity contribution in [2.75, 3.05) is 14.7 Å². The van der Waals surface area contributed by atoms with Gasteiger partial charge in [-0.05, 0) is 90.6 Å². The molecule has 0 radical (unpaired) electrons. The first kappa shape index (κ1) is 28.1. The van der Waals surface area contributed by atoms with Crippen LogP contribution in [0.15, 0.2) is 72.8 Å². The number of fused-ring (bicyclic) bond motifs is 3. The molecule has 3 amide bonds. The van der Waals surface area contributed by atoms with Gasteiger partial charge < -0.3 is 14.7 Å². The molecule has 0 saturated carbocycles. The lowest BCUT2D eigenvalue weighted by Crippen LogP contribution is -2.33. The van der Waals surface area contributed by atoms with Crippen molar-refractivity contribution >= 4 is 52.1 Å². The van der Waals surface area contributed by atoms with Crippen molar-refractivity contribution < 1.29 is 28.8 Å². The van der Waals surface area contributed by atoms with Crippen LogP contribution >= 0.6 is 0 Å². The fraction of sp³-hybridized carbons (Fsp3) is 0.167. The minimum atomic E-state index is -0.637. The van der Waals surface area contributed by atoms with E-state index < -0.39 is 35.1 Å². The predicted octanol–water partition coefficient (Wildman–Crippen LogP) is 4.80. The molecule has 4 aromatic rings. The number of nitrogens with zero attached hydrogens (tertiary/aromatic N) is 3. The minimum Gasteiger partial charge on any atom is -0.300 e. The first-order chi connectivity index (χ1) is 21.6. The summed E-state index contributed by atoms with van der Waals surface area (Å²) in [4.78, 5) is 82.5. The van der Waals surface area contributed by atoms with Gasteiger partial charge in [-0.3, -0.25) is 28.8 Å². The second-order valence-corrected chi connectivity index (χ2v) is 11.5. The average molecular weight is 598 g/mol. The van der Waals surface area contributed by atoms with Crippen molar-refractivity contribution in [3.05, 3.63) is 123 Å². The van der Waals surface area contributed by atoms with Gasteiger partial charge in [0.1, 0.15) is 0 Å². The molecule has 222 valence electrons. The molecule has 0 unspecified atom stereocenters. The zero-order valence-electron chi connectivity index (χ0n) is 24.8. The summed E-state index contributed by atoms with van der Waals surface area (Å²) in [7, 11) is 0. The predicted molar refractivity (Wildman–Crippen MR) is 167 cm³/mol. The van der Waals surface area contributed by atoms with Gasteiger partial charge in [0.25, 0.3) is 35.1 Å². The first-order valence-electron chi connectivity index (χ1n) is 14.6. The SMILES string of the molecule is Cc1c(CN2C(=O)C(=O)c3ccccc32)c(C)c(CN2C(=O)C(=O)c3ccccc32)c(C)c1CN1C(=O)C(=O)c2ccccc21. The normalized spacial score (nSPS) is 15.4. The molecule has 7 rings (SSSR count). The zero-order valence-corrected chi connectivity index (χ0v) is 24.8. The molecule has 4 aromatic carbocycles. The molecule has 0 spiro atoms. The first-order valence-corrected chi connectivity index (χ1v) is 14.6. The molecule has 0 aromatic heterocycles. The molecule has 3 heterocycles. The van der Waals surface area contributed by atoms with E-state index in [0.717, 1.165) is 33.4 Å². The summed E-state index contributed by atoms with van der Waals surface area (Å²) in [5, 5.41) is 0. The number of Topliss-reactive ketones (excluding diaryl/α,β-unsaturated/α-hetero) is 3. The molecule has 0 saturated heterocycles. The Morgan fingerprint density at radius 2 is 0.644 bits per heavy atom. The summed E-state index contributed by atoms with van der Waals surface area (Å²) >= 11 is 0. The van der Waals surface area contributed by atoms with Crippen LogP contribution < -0.4 is 14.7 Å². The zero-order chi connectivity index (χ0) is 31.7. The molecular formula is C36H27N3O6. The lowest BCUT2D eigenvalue weighted by molar-refractivity contribution is -0.115. The van der Waals surface area contributed by atoms with Crippen LogP contribution in [0.25, 0.3) is 0 Å². The Balaban J connectivity index is 1.37. The van der Waals surface area contributed by atoms with E-state index in [-0.39, 0.29) is 19.6 Å². The van der Waals surface area contributed by atoms with Gasteiger partial charge in [-0.2, -0.15) is 0 Å². The van der Waals surface area contributed by atoms with E-state index in [1.54, 1.807) is 72.8 Å². The van der Waals surface area contributed by atoms with Crippen molar-refractivity contribution in [2.45, 2.75) is 40.4 Å². The highest BCUT2D eigenvalue weighted by atomic mass is 16.2. The third kappa shape index (κ3) is 4.07. The Morgan fingerprint density at radius 3 is 0.911 bits per heavy atom. The Kier molecular flexibility index (Phi) is 6.36.